The van der Waals surface area contributed by atoms with Gasteiger partial charge in [0.25, 0.3) is 0 Å². The van der Waals surface area contributed by atoms with Crippen molar-refractivity contribution in [2.45, 2.75) is 38.6 Å². The van der Waals surface area contributed by atoms with Crippen LogP contribution in [0.5, 0.6) is 0 Å². The van der Waals surface area contributed by atoms with Gasteiger partial charge in [-0.3, -0.25) is 5.10 Å². The summed E-state index contributed by atoms with van der Waals surface area (Å²) in [4.78, 5) is 0. The molecule has 0 aromatic carbocycles. The first-order valence-corrected chi connectivity index (χ1v) is 5.48. The van der Waals surface area contributed by atoms with E-state index in [4.69, 9.17) is 0 Å². The molecule has 1 aromatic heterocycles. The zero-order valence-corrected chi connectivity index (χ0v) is 8.85. The van der Waals surface area contributed by atoms with Crippen molar-refractivity contribution < 1.29 is 0 Å². The molecule has 3 nitrogen and oxygen atoms in total. The predicted octanol–water partition coefficient (Wildman–Crippen LogP) is 1.71. The number of aromatic amines is 1. The second-order valence-corrected chi connectivity index (χ2v) is 4.79. The minimum absolute atomic E-state index is 0.546. The summed E-state index contributed by atoms with van der Waals surface area (Å²) in [5.41, 5.74) is 4.58. The quantitative estimate of drug-likeness (QED) is 0.709. The lowest BCUT2D eigenvalue weighted by molar-refractivity contribution is 0.310. The van der Waals surface area contributed by atoms with Gasteiger partial charge in [0, 0.05) is 17.3 Å². The lowest BCUT2D eigenvalue weighted by Gasteiger charge is -2.31. The van der Waals surface area contributed by atoms with Crippen molar-refractivity contribution in [3.8, 4) is 0 Å². The molecule has 0 aliphatic heterocycles. The molecule has 1 fully saturated rings. The van der Waals surface area contributed by atoms with Crippen molar-refractivity contribution in [3.05, 3.63) is 17.0 Å². The lowest BCUT2D eigenvalue weighted by atomic mass is 9.79. The smallest absolute Gasteiger partial charge is 0.0673 e. The number of nitrogens with zero attached hydrogens (tertiary/aromatic N) is 1. The molecule has 3 rings (SSSR count). The zero-order valence-electron chi connectivity index (χ0n) is 8.85. The topological polar surface area (TPSA) is 40.7 Å². The van der Waals surface area contributed by atoms with Crippen molar-refractivity contribution in [2.75, 3.05) is 7.05 Å². The van der Waals surface area contributed by atoms with Gasteiger partial charge in [-0.1, -0.05) is 0 Å². The second-order valence-electron chi connectivity index (χ2n) is 4.79. The van der Waals surface area contributed by atoms with Crippen LogP contribution in [0.25, 0.3) is 0 Å². The number of nitrogens with one attached hydrogen (secondary N) is 2. The molecule has 0 bridgehead atoms. The summed E-state index contributed by atoms with van der Waals surface area (Å²) in [6, 6.07) is 0.546. The summed E-state index contributed by atoms with van der Waals surface area (Å²) in [5, 5.41) is 11.0. The molecular formula is C11H17N3. The number of fused-ring (bicyclic) bond motifs is 1. The van der Waals surface area contributed by atoms with E-state index >= 15 is 0 Å². The SMILES string of the molecule is CNC1c2c(n[nH]c2C)CCC12CC2. The van der Waals surface area contributed by atoms with E-state index in [0.29, 0.717) is 11.5 Å². The van der Waals surface area contributed by atoms with Crippen LogP contribution in [0.15, 0.2) is 0 Å². The van der Waals surface area contributed by atoms with Crippen LogP contribution < -0.4 is 5.32 Å². The highest BCUT2D eigenvalue weighted by Gasteiger charge is 2.52. The van der Waals surface area contributed by atoms with Gasteiger partial charge in [-0.2, -0.15) is 5.10 Å². The molecule has 2 N–H and O–H groups in total. The van der Waals surface area contributed by atoms with E-state index in [9.17, 15) is 0 Å². The van der Waals surface area contributed by atoms with E-state index in [0.717, 1.165) is 6.42 Å². The monoisotopic (exact) mass is 191 g/mol. The highest BCUT2D eigenvalue weighted by Crippen LogP contribution is 2.60. The van der Waals surface area contributed by atoms with E-state index in [1.54, 1.807) is 0 Å². The fourth-order valence-corrected chi connectivity index (χ4v) is 3.03. The molecule has 2 aliphatic carbocycles. The molecule has 1 spiro atoms. The molecule has 0 saturated heterocycles. The van der Waals surface area contributed by atoms with E-state index in [1.165, 1.54) is 36.2 Å². The van der Waals surface area contributed by atoms with Crippen LogP contribution in [-0.2, 0) is 6.42 Å². The Morgan fingerprint density at radius 1 is 1.43 bits per heavy atom. The van der Waals surface area contributed by atoms with Crippen LogP contribution in [0.4, 0.5) is 0 Å². The third-order valence-electron chi connectivity index (χ3n) is 4.02. The summed E-state index contributed by atoms with van der Waals surface area (Å²) < 4.78 is 0. The highest BCUT2D eigenvalue weighted by atomic mass is 15.1. The Morgan fingerprint density at radius 3 is 2.86 bits per heavy atom. The summed E-state index contributed by atoms with van der Waals surface area (Å²) in [7, 11) is 2.08. The standard InChI is InChI=1S/C11H17N3/c1-7-9-8(14-13-7)3-4-11(5-6-11)10(9)12-2/h10,12H,3-6H2,1-2H3,(H,13,14). The number of H-pyrrole nitrogens is 1. The normalized spacial score (nSPS) is 27.7. The zero-order chi connectivity index (χ0) is 9.76. The molecule has 2 aliphatic rings. The van der Waals surface area contributed by atoms with Gasteiger partial charge < -0.3 is 5.32 Å². The van der Waals surface area contributed by atoms with Crippen LogP contribution in [0.2, 0.25) is 0 Å². The third kappa shape index (κ3) is 0.934. The highest BCUT2D eigenvalue weighted by molar-refractivity contribution is 5.35. The van der Waals surface area contributed by atoms with Crippen LogP contribution in [0, 0.1) is 12.3 Å². The maximum atomic E-state index is 4.38. The average Bonchev–Trinajstić information content (AvgIpc) is 2.86. The molecule has 3 heteroatoms. The first kappa shape index (κ1) is 8.48. The molecule has 0 amide bonds. The molecule has 1 aromatic rings. The summed E-state index contributed by atoms with van der Waals surface area (Å²) in [6.07, 6.45) is 5.26. The number of hydrogen-bond donors (Lipinski definition) is 2. The van der Waals surface area contributed by atoms with Crippen molar-refractivity contribution >= 4 is 0 Å². The van der Waals surface area contributed by atoms with Crippen LogP contribution in [-0.4, -0.2) is 17.2 Å². The molecule has 1 atom stereocenters. The molecule has 0 radical (unpaired) electrons. The summed E-state index contributed by atoms with van der Waals surface area (Å²) in [5.74, 6) is 0. The average molecular weight is 191 g/mol. The molecule has 14 heavy (non-hydrogen) atoms. The third-order valence-corrected chi connectivity index (χ3v) is 4.02. The van der Waals surface area contributed by atoms with Crippen molar-refractivity contribution in [2.24, 2.45) is 5.41 Å². The van der Waals surface area contributed by atoms with Gasteiger partial charge in [-0.25, -0.2) is 0 Å². The Bertz CT molecular complexity index is 363. The molecular weight excluding hydrogens is 174 g/mol. The molecule has 1 heterocycles. The van der Waals surface area contributed by atoms with Gasteiger partial charge in [0.2, 0.25) is 0 Å². The van der Waals surface area contributed by atoms with Gasteiger partial charge in [0.1, 0.15) is 0 Å². The van der Waals surface area contributed by atoms with E-state index in [2.05, 4.69) is 29.5 Å². The van der Waals surface area contributed by atoms with Gasteiger partial charge >= 0.3 is 0 Å². The largest absolute Gasteiger partial charge is 0.312 e. The Labute approximate surface area is 84.3 Å². The predicted molar refractivity (Wildman–Crippen MR) is 55.1 cm³/mol. The fourth-order valence-electron chi connectivity index (χ4n) is 3.03. The second kappa shape index (κ2) is 2.60. The van der Waals surface area contributed by atoms with Crippen LogP contribution in [0.3, 0.4) is 0 Å². The van der Waals surface area contributed by atoms with Crippen LogP contribution >= 0.6 is 0 Å². The fraction of sp³-hybridized carbons (Fsp3) is 0.727. The lowest BCUT2D eigenvalue weighted by Crippen LogP contribution is -2.31. The van der Waals surface area contributed by atoms with E-state index in [1.807, 2.05) is 0 Å². The number of aryl methyl sites for hydroxylation is 2. The number of rotatable bonds is 1. The number of aromatic nitrogens is 2. The molecule has 76 valence electrons. The van der Waals surface area contributed by atoms with E-state index in [-0.39, 0.29) is 0 Å². The van der Waals surface area contributed by atoms with Gasteiger partial charge in [0.05, 0.1) is 5.69 Å². The first-order chi connectivity index (χ1) is 6.77. The Kier molecular flexibility index (Phi) is 1.57. The Morgan fingerprint density at radius 2 is 2.21 bits per heavy atom. The Hall–Kier alpha value is -0.830. The van der Waals surface area contributed by atoms with Gasteiger partial charge in [0.15, 0.2) is 0 Å². The first-order valence-electron chi connectivity index (χ1n) is 5.48. The molecule has 1 unspecified atom stereocenters. The Balaban J connectivity index is 2.09. The van der Waals surface area contributed by atoms with E-state index < -0.39 is 0 Å². The van der Waals surface area contributed by atoms with Crippen LogP contribution in [0.1, 0.15) is 42.3 Å². The minimum Gasteiger partial charge on any atom is -0.312 e. The van der Waals surface area contributed by atoms with Gasteiger partial charge in [-0.15, -0.1) is 0 Å². The van der Waals surface area contributed by atoms with Gasteiger partial charge in [-0.05, 0) is 45.1 Å². The summed E-state index contributed by atoms with van der Waals surface area (Å²) >= 11 is 0. The molecule has 1 saturated carbocycles. The maximum absolute atomic E-state index is 4.38. The number of hydrogen-bond acceptors (Lipinski definition) is 2. The van der Waals surface area contributed by atoms with Crippen molar-refractivity contribution in [1.29, 1.82) is 0 Å². The minimum atomic E-state index is 0.546. The maximum Gasteiger partial charge on any atom is 0.0673 e. The van der Waals surface area contributed by atoms with Crippen molar-refractivity contribution in [1.82, 2.24) is 15.5 Å². The summed E-state index contributed by atoms with van der Waals surface area (Å²) in [6.45, 7) is 2.14. The van der Waals surface area contributed by atoms with Crippen molar-refractivity contribution in [3.63, 3.8) is 0 Å².